The average molecular weight is 626 g/mol. The van der Waals surface area contributed by atoms with Gasteiger partial charge in [0.25, 0.3) is 0 Å². The lowest BCUT2D eigenvalue weighted by Crippen LogP contribution is -1.98. The third-order valence-corrected chi connectivity index (χ3v) is 11.0. The van der Waals surface area contributed by atoms with Gasteiger partial charge >= 0.3 is 0 Å². The van der Waals surface area contributed by atoms with E-state index < -0.39 is 0 Å². The number of hydrogen-bond donors (Lipinski definition) is 0. The van der Waals surface area contributed by atoms with Crippen LogP contribution in [0.3, 0.4) is 0 Å². The fourth-order valence-electron chi connectivity index (χ4n) is 5.42. The van der Waals surface area contributed by atoms with Crippen molar-refractivity contribution in [3.8, 4) is 0 Å². The van der Waals surface area contributed by atoms with Crippen LogP contribution in [0.25, 0.3) is 0 Å². The quantitative estimate of drug-likeness (QED) is 0.195. The van der Waals surface area contributed by atoms with Crippen molar-refractivity contribution in [3.63, 3.8) is 0 Å². The Balaban J connectivity index is 0.000000583. The number of aryl methyl sites for hydroxylation is 6. The minimum Gasteiger partial charge on any atom is -0.258 e. The maximum absolute atomic E-state index is 4.43. The van der Waals surface area contributed by atoms with Crippen LogP contribution in [0.4, 0.5) is 0 Å². The molecule has 4 aromatic rings. The Morgan fingerprint density at radius 1 is 0.174 bits per heavy atom. The van der Waals surface area contributed by atoms with E-state index in [1.807, 2.05) is 0 Å². The van der Waals surface area contributed by atoms with Crippen LogP contribution < -0.4 is 0 Å². The molecular formula is C43H67N3. The van der Waals surface area contributed by atoms with Gasteiger partial charge in [-0.05, 0) is 229 Å². The van der Waals surface area contributed by atoms with Gasteiger partial charge in [0.2, 0.25) is 0 Å². The first-order valence-electron chi connectivity index (χ1n) is 16.3. The summed E-state index contributed by atoms with van der Waals surface area (Å²) < 4.78 is 0. The van der Waals surface area contributed by atoms with Gasteiger partial charge in [-0.3, -0.25) is 15.0 Å². The van der Waals surface area contributed by atoms with Gasteiger partial charge in [0.15, 0.2) is 0 Å². The van der Waals surface area contributed by atoms with Crippen LogP contribution in [0.5, 0.6) is 0 Å². The molecule has 0 N–H and O–H groups in total. The monoisotopic (exact) mass is 626 g/mol. The lowest BCUT2D eigenvalue weighted by atomic mass is 9.90. The van der Waals surface area contributed by atoms with Gasteiger partial charge in [-0.2, -0.15) is 0 Å². The summed E-state index contributed by atoms with van der Waals surface area (Å²) in [6.07, 6.45) is 0. The standard InChI is InChI=1S/C12H18.3C10H15N.CH4/c1-7-8(2)10(4)12(6)11(5)9(7)3;3*1-6-7(2)9(4)11-10(5)8(6)3;/h1-6H3;3*1-5H3;1H4. The molecule has 3 heterocycles. The molecule has 0 radical (unpaired) electrons. The summed E-state index contributed by atoms with van der Waals surface area (Å²) in [6.45, 7) is 44.9. The molecule has 0 aliphatic rings. The molecule has 0 atom stereocenters. The number of nitrogens with zero attached hydrogens (tertiary/aromatic N) is 3. The largest absolute Gasteiger partial charge is 0.258 e. The number of aromatic nitrogens is 3. The van der Waals surface area contributed by atoms with E-state index >= 15 is 0 Å². The first kappa shape index (κ1) is 42.7. The summed E-state index contributed by atoms with van der Waals surface area (Å²) >= 11 is 0. The summed E-state index contributed by atoms with van der Waals surface area (Å²) in [4.78, 5) is 13.3. The molecule has 46 heavy (non-hydrogen) atoms. The molecule has 3 heteroatoms. The molecule has 4 rings (SSSR count). The van der Waals surface area contributed by atoms with Crippen molar-refractivity contribution >= 4 is 0 Å². The van der Waals surface area contributed by atoms with Crippen LogP contribution in [-0.4, -0.2) is 15.0 Å². The fourth-order valence-corrected chi connectivity index (χ4v) is 5.42. The Kier molecular flexibility index (Phi) is 16.3. The Bertz CT molecular complexity index is 1360. The van der Waals surface area contributed by atoms with Crippen LogP contribution >= 0.6 is 0 Å². The summed E-state index contributed by atoms with van der Waals surface area (Å²) in [5.41, 5.74) is 27.8. The molecule has 1 aromatic carbocycles. The van der Waals surface area contributed by atoms with Crippen molar-refractivity contribution in [3.05, 3.63) is 118 Å². The molecule has 0 bridgehead atoms. The zero-order chi connectivity index (χ0) is 35.2. The van der Waals surface area contributed by atoms with Crippen LogP contribution in [0, 0.1) is 145 Å². The van der Waals surface area contributed by atoms with Crippen molar-refractivity contribution in [2.75, 3.05) is 0 Å². The SMILES string of the molecule is C.Cc1c(C)c(C)c(C)c(C)c1C.Cc1nc(C)c(C)c(C)c1C.Cc1nc(C)c(C)c(C)c1C.Cc1nc(C)c(C)c(C)c1C. The van der Waals surface area contributed by atoms with Gasteiger partial charge in [-0.25, -0.2) is 0 Å². The molecule has 0 saturated heterocycles. The Labute approximate surface area is 284 Å². The maximum atomic E-state index is 4.43. The van der Waals surface area contributed by atoms with Gasteiger partial charge < -0.3 is 0 Å². The van der Waals surface area contributed by atoms with E-state index in [9.17, 15) is 0 Å². The minimum atomic E-state index is 0. The second-order valence-electron chi connectivity index (χ2n) is 13.2. The van der Waals surface area contributed by atoms with E-state index in [0.29, 0.717) is 0 Å². The predicted molar refractivity (Wildman–Crippen MR) is 205 cm³/mol. The van der Waals surface area contributed by atoms with Gasteiger partial charge in [-0.1, -0.05) is 7.43 Å². The van der Waals surface area contributed by atoms with E-state index in [0.717, 1.165) is 34.2 Å². The first-order chi connectivity index (χ1) is 20.6. The van der Waals surface area contributed by atoms with Gasteiger partial charge in [0.1, 0.15) is 0 Å². The highest BCUT2D eigenvalue weighted by molar-refractivity contribution is 5.48. The van der Waals surface area contributed by atoms with Crippen LogP contribution in [0.2, 0.25) is 0 Å². The smallest absolute Gasteiger partial charge is 0.0407 e. The summed E-state index contributed by atoms with van der Waals surface area (Å²) in [7, 11) is 0. The number of hydrogen-bond acceptors (Lipinski definition) is 3. The molecule has 0 aliphatic heterocycles. The summed E-state index contributed by atoms with van der Waals surface area (Å²) in [5.74, 6) is 0. The highest BCUT2D eigenvalue weighted by Gasteiger charge is 2.08. The maximum Gasteiger partial charge on any atom is 0.0407 e. The third kappa shape index (κ3) is 9.84. The Morgan fingerprint density at radius 2 is 0.261 bits per heavy atom. The van der Waals surface area contributed by atoms with Gasteiger partial charge in [0, 0.05) is 34.2 Å². The lowest BCUT2D eigenvalue weighted by Gasteiger charge is -2.15. The highest BCUT2D eigenvalue weighted by Crippen LogP contribution is 2.25. The van der Waals surface area contributed by atoms with Crippen LogP contribution in [-0.2, 0) is 0 Å². The molecule has 3 nitrogen and oxygen atoms in total. The van der Waals surface area contributed by atoms with Crippen molar-refractivity contribution < 1.29 is 0 Å². The molecule has 3 aromatic heterocycles. The molecule has 254 valence electrons. The number of pyridine rings is 3. The molecule has 0 saturated carbocycles. The van der Waals surface area contributed by atoms with Crippen LogP contribution in [0.15, 0.2) is 0 Å². The van der Waals surface area contributed by atoms with Gasteiger partial charge in [0.05, 0.1) is 0 Å². The second-order valence-corrected chi connectivity index (χ2v) is 13.2. The van der Waals surface area contributed by atoms with E-state index in [1.165, 1.54) is 83.5 Å². The minimum absolute atomic E-state index is 0. The molecule has 0 fully saturated rings. The second kappa shape index (κ2) is 17.5. The van der Waals surface area contributed by atoms with E-state index in [1.54, 1.807) is 0 Å². The summed E-state index contributed by atoms with van der Waals surface area (Å²) in [6, 6.07) is 0. The Morgan fingerprint density at radius 3 is 0.370 bits per heavy atom. The molecule has 0 amide bonds. The van der Waals surface area contributed by atoms with Gasteiger partial charge in [-0.15, -0.1) is 0 Å². The van der Waals surface area contributed by atoms with E-state index in [-0.39, 0.29) is 7.43 Å². The fraction of sp³-hybridized carbons (Fsp3) is 0.512. The molecule has 0 spiro atoms. The van der Waals surface area contributed by atoms with Crippen molar-refractivity contribution in [2.45, 2.75) is 153 Å². The molecule has 0 aliphatic carbocycles. The molecule has 0 unspecified atom stereocenters. The van der Waals surface area contributed by atoms with Crippen molar-refractivity contribution in [1.82, 2.24) is 15.0 Å². The molecular weight excluding hydrogens is 558 g/mol. The zero-order valence-electron chi connectivity index (χ0n) is 32.8. The topological polar surface area (TPSA) is 38.7 Å². The average Bonchev–Trinajstić information content (AvgIpc) is 3.00. The van der Waals surface area contributed by atoms with E-state index in [4.69, 9.17) is 0 Å². The third-order valence-electron chi connectivity index (χ3n) is 11.0. The predicted octanol–water partition coefficient (Wildman–Crippen LogP) is 12.0. The van der Waals surface area contributed by atoms with Crippen LogP contribution in [0.1, 0.15) is 125 Å². The van der Waals surface area contributed by atoms with Crippen molar-refractivity contribution in [1.29, 1.82) is 0 Å². The van der Waals surface area contributed by atoms with E-state index in [2.05, 4.69) is 160 Å². The number of benzene rings is 1. The summed E-state index contributed by atoms with van der Waals surface area (Å²) in [5, 5.41) is 0. The normalized spacial score (nSPS) is 10.1. The number of rotatable bonds is 0. The first-order valence-corrected chi connectivity index (χ1v) is 16.3. The Hall–Kier alpha value is -3.33. The zero-order valence-corrected chi connectivity index (χ0v) is 32.8. The lowest BCUT2D eigenvalue weighted by molar-refractivity contribution is 1.03. The van der Waals surface area contributed by atoms with Crippen molar-refractivity contribution in [2.24, 2.45) is 0 Å². The highest BCUT2D eigenvalue weighted by atomic mass is 14.7.